The molecule has 7 heteroatoms. The lowest BCUT2D eigenvalue weighted by molar-refractivity contribution is -0.125. The van der Waals surface area contributed by atoms with E-state index in [1.807, 2.05) is 31.2 Å². The topological polar surface area (TPSA) is 76.0 Å². The molecule has 0 aliphatic heterocycles. The van der Waals surface area contributed by atoms with E-state index in [2.05, 4.69) is 31.7 Å². The predicted octanol–water partition coefficient (Wildman–Crippen LogP) is 2.98. The van der Waals surface area contributed by atoms with Crippen molar-refractivity contribution in [2.75, 3.05) is 7.05 Å². The van der Waals surface area contributed by atoms with E-state index in [0.717, 1.165) is 41.5 Å². The number of hydrogen-bond donors (Lipinski definition) is 2. The molecule has 0 bridgehead atoms. The minimum Gasteiger partial charge on any atom is -0.359 e. The van der Waals surface area contributed by atoms with Gasteiger partial charge in [0.15, 0.2) is 0 Å². The van der Waals surface area contributed by atoms with Crippen molar-refractivity contribution in [3.05, 3.63) is 46.2 Å². The van der Waals surface area contributed by atoms with Crippen molar-refractivity contribution >= 4 is 27.7 Å². The highest BCUT2D eigenvalue weighted by Gasteiger charge is 2.27. The van der Waals surface area contributed by atoms with Crippen LogP contribution in [0.5, 0.6) is 0 Å². The van der Waals surface area contributed by atoms with E-state index >= 15 is 0 Å². The molecule has 1 saturated carbocycles. The minimum absolute atomic E-state index is 0.0649. The lowest BCUT2D eigenvalue weighted by Gasteiger charge is -2.28. The smallest absolute Gasteiger partial charge is 0.254 e. The average molecular weight is 419 g/mol. The molecule has 2 amide bonds. The maximum Gasteiger partial charge on any atom is 0.254 e. The summed E-state index contributed by atoms with van der Waals surface area (Å²) in [4.78, 5) is 24.4. The van der Waals surface area contributed by atoms with Crippen LogP contribution in [0.15, 0.2) is 34.9 Å². The lowest BCUT2D eigenvalue weighted by atomic mass is 9.85. The van der Waals surface area contributed by atoms with Crippen LogP contribution in [0, 0.1) is 12.8 Å². The minimum atomic E-state index is -0.103. The zero-order chi connectivity index (χ0) is 18.7. The SMILES string of the molecule is CNC(=O)C1CCC(NC(=O)c2cnn(-c3ccc(Br)cc3)c2C)CC1. The summed E-state index contributed by atoms with van der Waals surface area (Å²) in [7, 11) is 1.67. The van der Waals surface area contributed by atoms with E-state index in [0.29, 0.717) is 5.56 Å². The first-order valence-corrected chi connectivity index (χ1v) is 9.62. The first-order valence-electron chi connectivity index (χ1n) is 8.82. The molecular weight excluding hydrogens is 396 g/mol. The summed E-state index contributed by atoms with van der Waals surface area (Å²) in [6.45, 7) is 1.90. The number of carbonyl (C=O) groups excluding carboxylic acids is 2. The molecule has 1 aromatic carbocycles. The van der Waals surface area contributed by atoms with Crippen LogP contribution in [0.4, 0.5) is 0 Å². The van der Waals surface area contributed by atoms with Gasteiger partial charge in [-0.1, -0.05) is 15.9 Å². The fourth-order valence-corrected chi connectivity index (χ4v) is 3.71. The first-order chi connectivity index (χ1) is 12.5. The van der Waals surface area contributed by atoms with Crippen LogP contribution < -0.4 is 10.6 Å². The summed E-state index contributed by atoms with van der Waals surface area (Å²) in [5.41, 5.74) is 2.31. The van der Waals surface area contributed by atoms with Crippen molar-refractivity contribution in [2.24, 2.45) is 5.92 Å². The van der Waals surface area contributed by atoms with E-state index < -0.39 is 0 Å². The second kappa shape index (κ2) is 8.03. The van der Waals surface area contributed by atoms with Gasteiger partial charge in [-0.25, -0.2) is 4.68 Å². The third kappa shape index (κ3) is 3.98. The summed E-state index contributed by atoms with van der Waals surface area (Å²) in [6, 6.07) is 7.90. The Labute approximate surface area is 161 Å². The van der Waals surface area contributed by atoms with Gasteiger partial charge in [-0.2, -0.15) is 5.10 Å². The fourth-order valence-electron chi connectivity index (χ4n) is 3.44. The number of benzene rings is 1. The van der Waals surface area contributed by atoms with Gasteiger partial charge in [-0.15, -0.1) is 0 Å². The van der Waals surface area contributed by atoms with Crippen LogP contribution in [0.2, 0.25) is 0 Å². The van der Waals surface area contributed by atoms with Crippen molar-refractivity contribution in [1.82, 2.24) is 20.4 Å². The summed E-state index contributed by atoms with van der Waals surface area (Å²) in [5.74, 6) is 0.0608. The molecule has 1 aliphatic rings. The highest BCUT2D eigenvalue weighted by molar-refractivity contribution is 9.10. The maximum atomic E-state index is 12.7. The van der Waals surface area contributed by atoms with E-state index in [-0.39, 0.29) is 23.8 Å². The number of halogens is 1. The second-order valence-corrected chi connectivity index (χ2v) is 7.58. The van der Waals surface area contributed by atoms with Crippen LogP contribution in [0.3, 0.4) is 0 Å². The number of amides is 2. The normalized spacial score (nSPS) is 19.8. The average Bonchev–Trinajstić information content (AvgIpc) is 3.04. The third-order valence-corrected chi connectivity index (χ3v) is 5.53. The van der Waals surface area contributed by atoms with Crippen molar-refractivity contribution in [3.63, 3.8) is 0 Å². The van der Waals surface area contributed by atoms with E-state index in [1.165, 1.54) is 0 Å². The second-order valence-electron chi connectivity index (χ2n) is 6.67. The molecule has 0 radical (unpaired) electrons. The summed E-state index contributed by atoms with van der Waals surface area (Å²) < 4.78 is 2.76. The van der Waals surface area contributed by atoms with Crippen molar-refractivity contribution in [1.29, 1.82) is 0 Å². The highest BCUT2D eigenvalue weighted by Crippen LogP contribution is 2.25. The Balaban J connectivity index is 1.64. The maximum absolute atomic E-state index is 12.7. The monoisotopic (exact) mass is 418 g/mol. The van der Waals surface area contributed by atoms with Gasteiger partial charge in [0, 0.05) is 23.5 Å². The molecule has 1 aliphatic carbocycles. The van der Waals surface area contributed by atoms with Gasteiger partial charge in [-0.3, -0.25) is 9.59 Å². The first kappa shape index (κ1) is 18.6. The molecular formula is C19H23BrN4O2. The highest BCUT2D eigenvalue weighted by atomic mass is 79.9. The summed E-state index contributed by atoms with van der Waals surface area (Å²) in [6.07, 6.45) is 4.87. The van der Waals surface area contributed by atoms with Crippen LogP contribution in [-0.4, -0.2) is 34.7 Å². The van der Waals surface area contributed by atoms with E-state index in [4.69, 9.17) is 0 Å². The molecule has 6 nitrogen and oxygen atoms in total. The van der Waals surface area contributed by atoms with Gasteiger partial charge in [0.1, 0.15) is 0 Å². The Morgan fingerprint density at radius 2 is 1.81 bits per heavy atom. The molecule has 0 unspecified atom stereocenters. The Morgan fingerprint density at radius 3 is 2.42 bits per heavy atom. The van der Waals surface area contributed by atoms with Crippen LogP contribution >= 0.6 is 15.9 Å². The van der Waals surface area contributed by atoms with E-state index in [9.17, 15) is 9.59 Å². The van der Waals surface area contributed by atoms with Crippen molar-refractivity contribution in [2.45, 2.75) is 38.6 Å². The lowest BCUT2D eigenvalue weighted by Crippen LogP contribution is -2.40. The van der Waals surface area contributed by atoms with Crippen LogP contribution in [-0.2, 0) is 4.79 Å². The van der Waals surface area contributed by atoms with Gasteiger partial charge in [0.25, 0.3) is 5.91 Å². The van der Waals surface area contributed by atoms with Crippen molar-refractivity contribution < 1.29 is 9.59 Å². The fraction of sp³-hybridized carbons (Fsp3) is 0.421. The molecule has 1 fully saturated rings. The van der Waals surface area contributed by atoms with Crippen LogP contribution in [0.25, 0.3) is 5.69 Å². The number of nitrogens with zero attached hydrogens (tertiary/aromatic N) is 2. The molecule has 0 atom stereocenters. The number of nitrogens with one attached hydrogen (secondary N) is 2. The quantitative estimate of drug-likeness (QED) is 0.800. The largest absolute Gasteiger partial charge is 0.359 e. The standard InChI is InChI=1S/C19H23BrN4O2/c1-12-17(11-22-24(12)16-9-5-14(20)6-10-16)19(26)23-15-7-3-13(4-8-15)18(25)21-2/h5-6,9-11,13,15H,3-4,7-8H2,1-2H3,(H,21,25)(H,23,26). The van der Waals surface area contributed by atoms with E-state index in [1.54, 1.807) is 17.9 Å². The van der Waals surface area contributed by atoms with Gasteiger partial charge < -0.3 is 10.6 Å². The zero-order valence-electron chi connectivity index (χ0n) is 15.0. The van der Waals surface area contributed by atoms with Gasteiger partial charge >= 0.3 is 0 Å². The van der Waals surface area contributed by atoms with Gasteiger partial charge in [0.05, 0.1) is 23.1 Å². The molecule has 26 heavy (non-hydrogen) atoms. The predicted molar refractivity (Wildman–Crippen MR) is 103 cm³/mol. The Bertz CT molecular complexity index is 792. The number of aromatic nitrogens is 2. The zero-order valence-corrected chi connectivity index (χ0v) is 16.5. The Morgan fingerprint density at radius 1 is 1.15 bits per heavy atom. The van der Waals surface area contributed by atoms with Gasteiger partial charge in [-0.05, 0) is 56.9 Å². The third-order valence-electron chi connectivity index (χ3n) is 5.01. The molecule has 0 spiro atoms. The van der Waals surface area contributed by atoms with Gasteiger partial charge in [0.2, 0.25) is 5.91 Å². The molecule has 2 aromatic rings. The number of rotatable bonds is 4. The molecule has 3 rings (SSSR count). The molecule has 1 heterocycles. The molecule has 0 saturated heterocycles. The molecule has 2 N–H and O–H groups in total. The molecule has 1 aromatic heterocycles. The van der Waals surface area contributed by atoms with Crippen molar-refractivity contribution in [3.8, 4) is 5.69 Å². The van der Waals surface area contributed by atoms with Crippen LogP contribution in [0.1, 0.15) is 41.7 Å². The Hall–Kier alpha value is -2.15. The molecule has 138 valence electrons. The number of carbonyl (C=O) groups is 2. The Kier molecular flexibility index (Phi) is 5.76. The summed E-state index contributed by atoms with van der Waals surface area (Å²) in [5, 5.41) is 10.2. The summed E-state index contributed by atoms with van der Waals surface area (Å²) >= 11 is 3.42. The number of hydrogen-bond acceptors (Lipinski definition) is 3.